The molecule has 1 aliphatic carbocycles. The van der Waals surface area contributed by atoms with Crippen LogP contribution in [0.3, 0.4) is 0 Å². The Morgan fingerprint density at radius 2 is 1.63 bits per heavy atom. The molecule has 0 aromatic heterocycles. The minimum atomic E-state index is -0.626. The molecule has 6 heteroatoms. The average molecular weight is 370 g/mol. The summed E-state index contributed by atoms with van der Waals surface area (Å²) < 4.78 is 0. The lowest BCUT2D eigenvalue weighted by Gasteiger charge is -2.36. The van der Waals surface area contributed by atoms with Gasteiger partial charge in [0, 0.05) is 32.7 Å². The van der Waals surface area contributed by atoms with Gasteiger partial charge < -0.3 is 5.32 Å². The van der Waals surface area contributed by atoms with Gasteiger partial charge in [0.1, 0.15) is 5.54 Å². The van der Waals surface area contributed by atoms with Crippen molar-refractivity contribution in [2.45, 2.75) is 44.7 Å². The van der Waals surface area contributed by atoms with E-state index in [1.165, 1.54) is 10.5 Å². The van der Waals surface area contributed by atoms with E-state index in [2.05, 4.69) is 46.3 Å². The Morgan fingerprint density at radius 3 is 2.30 bits per heavy atom. The van der Waals surface area contributed by atoms with E-state index in [0.717, 1.165) is 58.4 Å². The standard InChI is InChI=1S/C21H30N4O2/c1-17-7-9-21(10-8-17)19(26)25(20(27)22-21)16-24-13-11-23(12-14-24)15-18-5-3-2-4-6-18/h2-6,17H,7-16H2,1H3,(H,22,27). The number of amides is 3. The van der Waals surface area contributed by atoms with Crippen LogP contribution >= 0.6 is 0 Å². The third-order valence-electron chi connectivity index (χ3n) is 6.43. The SMILES string of the molecule is CC1CCC2(CC1)NC(=O)N(CN1CCN(Cc3ccccc3)CC1)C2=O. The van der Waals surface area contributed by atoms with Gasteiger partial charge in [-0.05, 0) is 37.2 Å². The van der Waals surface area contributed by atoms with Crippen LogP contribution in [-0.4, -0.2) is 65.0 Å². The Hall–Kier alpha value is -1.92. The van der Waals surface area contributed by atoms with Crippen molar-refractivity contribution in [1.29, 1.82) is 0 Å². The Labute approximate surface area is 161 Å². The quantitative estimate of drug-likeness (QED) is 0.826. The summed E-state index contributed by atoms with van der Waals surface area (Å²) in [4.78, 5) is 31.6. The molecule has 1 aromatic rings. The van der Waals surface area contributed by atoms with Gasteiger partial charge in [-0.25, -0.2) is 9.69 Å². The van der Waals surface area contributed by atoms with E-state index in [9.17, 15) is 9.59 Å². The molecule has 2 aliphatic heterocycles. The molecule has 4 rings (SSSR count). The predicted octanol–water partition coefficient (Wildman–Crippen LogP) is 2.26. The van der Waals surface area contributed by atoms with Gasteiger partial charge in [-0.3, -0.25) is 14.6 Å². The van der Waals surface area contributed by atoms with Gasteiger partial charge >= 0.3 is 6.03 Å². The van der Waals surface area contributed by atoms with Crippen molar-refractivity contribution in [1.82, 2.24) is 20.0 Å². The first kappa shape index (κ1) is 18.4. The third kappa shape index (κ3) is 3.87. The number of nitrogens with zero attached hydrogens (tertiary/aromatic N) is 3. The summed E-state index contributed by atoms with van der Waals surface area (Å²) in [6, 6.07) is 10.3. The maximum atomic E-state index is 13.0. The second kappa shape index (κ2) is 7.60. The highest BCUT2D eigenvalue weighted by Gasteiger charge is 2.52. The van der Waals surface area contributed by atoms with Crippen LogP contribution in [0.1, 0.15) is 38.2 Å². The Kier molecular flexibility index (Phi) is 5.19. The molecule has 2 heterocycles. The van der Waals surface area contributed by atoms with Crippen LogP contribution in [0.25, 0.3) is 0 Å². The molecule has 1 saturated carbocycles. The van der Waals surface area contributed by atoms with E-state index in [0.29, 0.717) is 12.6 Å². The van der Waals surface area contributed by atoms with Crippen LogP contribution in [0.2, 0.25) is 0 Å². The Bertz CT molecular complexity index is 677. The molecule has 1 aromatic carbocycles. The van der Waals surface area contributed by atoms with Crippen LogP contribution in [0.15, 0.2) is 30.3 Å². The smallest absolute Gasteiger partial charge is 0.323 e. The monoisotopic (exact) mass is 370 g/mol. The summed E-state index contributed by atoms with van der Waals surface area (Å²) >= 11 is 0. The van der Waals surface area contributed by atoms with Gasteiger partial charge in [0.15, 0.2) is 0 Å². The number of imide groups is 1. The fraction of sp³-hybridized carbons (Fsp3) is 0.619. The van der Waals surface area contributed by atoms with Crippen molar-refractivity contribution in [3.8, 4) is 0 Å². The van der Waals surface area contributed by atoms with Crippen molar-refractivity contribution < 1.29 is 9.59 Å². The highest BCUT2D eigenvalue weighted by molar-refractivity contribution is 6.07. The van der Waals surface area contributed by atoms with Gasteiger partial charge in [-0.1, -0.05) is 37.3 Å². The molecule has 3 aliphatic rings. The zero-order valence-electron chi connectivity index (χ0n) is 16.2. The van der Waals surface area contributed by atoms with Crippen LogP contribution in [0.4, 0.5) is 4.79 Å². The second-order valence-electron chi connectivity index (χ2n) is 8.45. The molecule has 3 amide bonds. The zero-order chi connectivity index (χ0) is 18.9. The molecule has 1 spiro atoms. The van der Waals surface area contributed by atoms with Crippen molar-refractivity contribution >= 4 is 11.9 Å². The first-order chi connectivity index (χ1) is 13.1. The second-order valence-corrected chi connectivity index (χ2v) is 8.45. The topological polar surface area (TPSA) is 55.9 Å². The molecule has 6 nitrogen and oxygen atoms in total. The lowest BCUT2D eigenvalue weighted by atomic mass is 9.77. The molecule has 146 valence electrons. The largest absolute Gasteiger partial charge is 0.326 e. The van der Waals surface area contributed by atoms with E-state index in [1.807, 2.05) is 6.07 Å². The third-order valence-corrected chi connectivity index (χ3v) is 6.43. The van der Waals surface area contributed by atoms with E-state index < -0.39 is 5.54 Å². The molecule has 0 radical (unpaired) electrons. The van der Waals surface area contributed by atoms with Gasteiger partial charge in [0.05, 0.1) is 6.67 Å². The molecule has 0 atom stereocenters. The Morgan fingerprint density at radius 1 is 1.00 bits per heavy atom. The predicted molar refractivity (Wildman–Crippen MR) is 104 cm³/mol. The summed E-state index contributed by atoms with van der Waals surface area (Å²) in [5.41, 5.74) is 0.701. The first-order valence-corrected chi connectivity index (χ1v) is 10.2. The summed E-state index contributed by atoms with van der Waals surface area (Å²) in [5.74, 6) is 0.637. The van der Waals surface area contributed by atoms with Gasteiger partial charge in [-0.2, -0.15) is 0 Å². The minimum Gasteiger partial charge on any atom is -0.323 e. The van der Waals surface area contributed by atoms with E-state index in [1.54, 1.807) is 0 Å². The van der Waals surface area contributed by atoms with Gasteiger partial charge in [0.2, 0.25) is 0 Å². The van der Waals surface area contributed by atoms with Crippen LogP contribution < -0.4 is 5.32 Å². The van der Waals surface area contributed by atoms with Crippen LogP contribution in [-0.2, 0) is 11.3 Å². The molecule has 1 N–H and O–H groups in total. The maximum Gasteiger partial charge on any atom is 0.326 e. The number of hydrogen-bond acceptors (Lipinski definition) is 4. The van der Waals surface area contributed by atoms with E-state index >= 15 is 0 Å². The summed E-state index contributed by atoms with van der Waals surface area (Å²) in [7, 11) is 0. The number of carbonyl (C=O) groups excluding carboxylic acids is 2. The number of carbonyl (C=O) groups is 2. The fourth-order valence-corrected chi connectivity index (χ4v) is 4.53. The summed E-state index contributed by atoms with van der Waals surface area (Å²) in [6.45, 7) is 7.28. The number of rotatable bonds is 4. The highest BCUT2D eigenvalue weighted by atomic mass is 16.2. The lowest BCUT2D eigenvalue weighted by Crippen LogP contribution is -2.52. The highest BCUT2D eigenvalue weighted by Crippen LogP contribution is 2.36. The van der Waals surface area contributed by atoms with Crippen LogP contribution in [0.5, 0.6) is 0 Å². The molecular formula is C21H30N4O2. The molecule has 27 heavy (non-hydrogen) atoms. The number of urea groups is 1. The molecule has 0 bridgehead atoms. The molecular weight excluding hydrogens is 340 g/mol. The summed E-state index contributed by atoms with van der Waals surface area (Å²) in [6.07, 6.45) is 3.58. The molecule has 3 fully saturated rings. The Balaban J connectivity index is 1.30. The van der Waals surface area contributed by atoms with Crippen LogP contribution in [0, 0.1) is 5.92 Å². The average Bonchev–Trinajstić information content (AvgIpc) is 2.91. The van der Waals surface area contributed by atoms with Crippen molar-refractivity contribution in [2.24, 2.45) is 5.92 Å². The van der Waals surface area contributed by atoms with E-state index in [4.69, 9.17) is 0 Å². The van der Waals surface area contributed by atoms with Crippen molar-refractivity contribution in [2.75, 3.05) is 32.8 Å². The molecule has 2 saturated heterocycles. The minimum absolute atomic E-state index is 0.00823. The number of hydrogen-bond donors (Lipinski definition) is 1. The van der Waals surface area contributed by atoms with E-state index in [-0.39, 0.29) is 11.9 Å². The van der Waals surface area contributed by atoms with Crippen molar-refractivity contribution in [3.05, 3.63) is 35.9 Å². The normalized spacial score (nSPS) is 30.1. The van der Waals surface area contributed by atoms with Crippen molar-refractivity contribution in [3.63, 3.8) is 0 Å². The fourth-order valence-electron chi connectivity index (χ4n) is 4.53. The summed E-state index contributed by atoms with van der Waals surface area (Å²) in [5, 5.41) is 3.02. The number of nitrogens with one attached hydrogen (secondary N) is 1. The first-order valence-electron chi connectivity index (χ1n) is 10.2. The maximum absolute atomic E-state index is 13.0. The van der Waals surface area contributed by atoms with Gasteiger partial charge in [0.25, 0.3) is 5.91 Å². The lowest BCUT2D eigenvalue weighted by molar-refractivity contribution is -0.134. The number of piperazine rings is 1. The number of benzene rings is 1. The zero-order valence-corrected chi connectivity index (χ0v) is 16.2. The molecule has 0 unspecified atom stereocenters. The van der Waals surface area contributed by atoms with Gasteiger partial charge in [-0.15, -0.1) is 0 Å².